The van der Waals surface area contributed by atoms with Crippen LogP contribution in [0, 0.1) is 13.8 Å². The van der Waals surface area contributed by atoms with Gasteiger partial charge >= 0.3 is 0 Å². The largest absolute Gasteiger partial charge is 0.298 e. The van der Waals surface area contributed by atoms with Crippen LogP contribution in [0.3, 0.4) is 0 Å². The standard InChI is InChI=1S/C18H16N2OS/c1-12-8-9-13(2)15(10-12)16-11-22-18(19-16)20-17(21)14-6-4-3-5-7-14/h3-11H,1-2H3,(H,19,20,21). The first-order valence-corrected chi connectivity index (χ1v) is 7.91. The molecule has 0 unspecified atom stereocenters. The number of rotatable bonds is 3. The Morgan fingerprint density at radius 2 is 1.86 bits per heavy atom. The highest BCUT2D eigenvalue weighted by atomic mass is 32.1. The zero-order valence-electron chi connectivity index (χ0n) is 12.5. The molecule has 0 saturated heterocycles. The van der Waals surface area contributed by atoms with E-state index >= 15 is 0 Å². The summed E-state index contributed by atoms with van der Waals surface area (Å²) in [6.07, 6.45) is 0. The van der Waals surface area contributed by atoms with Gasteiger partial charge in [0.1, 0.15) is 0 Å². The lowest BCUT2D eigenvalue weighted by atomic mass is 10.0. The fraction of sp³-hybridized carbons (Fsp3) is 0.111. The summed E-state index contributed by atoms with van der Waals surface area (Å²) >= 11 is 1.44. The third-order valence-corrected chi connectivity index (χ3v) is 4.19. The Labute approximate surface area is 133 Å². The minimum absolute atomic E-state index is 0.137. The molecule has 0 aliphatic rings. The quantitative estimate of drug-likeness (QED) is 0.763. The Balaban J connectivity index is 1.82. The average Bonchev–Trinajstić information content (AvgIpc) is 2.99. The second-order valence-corrected chi connectivity index (χ2v) is 6.03. The molecule has 0 saturated carbocycles. The number of nitrogens with one attached hydrogen (secondary N) is 1. The van der Waals surface area contributed by atoms with Gasteiger partial charge in [-0.05, 0) is 37.6 Å². The van der Waals surface area contributed by atoms with Crippen LogP contribution < -0.4 is 5.32 Å². The van der Waals surface area contributed by atoms with Gasteiger partial charge < -0.3 is 0 Å². The van der Waals surface area contributed by atoms with Crippen LogP contribution in [0.1, 0.15) is 21.5 Å². The number of benzene rings is 2. The van der Waals surface area contributed by atoms with Gasteiger partial charge in [0.25, 0.3) is 5.91 Å². The lowest BCUT2D eigenvalue weighted by molar-refractivity contribution is 0.102. The van der Waals surface area contributed by atoms with Crippen molar-refractivity contribution >= 4 is 22.4 Å². The molecule has 1 amide bonds. The second-order valence-electron chi connectivity index (χ2n) is 5.18. The fourth-order valence-corrected chi connectivity index (χ4v) is 2.93. The number of amides is 1. The minimum Gasteiger partial charge on any atom is -0.298 e. The molecular weight excluding hydrogens is 292 g/mol. The van der Waals surface area contributed by atoms with E-state index in [0.29, 0.717) is 10.7 Å². The van der Waals surface area contributed by atoms with Gasteiger partial charge in [-0.1, -0.05) is 35.9 Å². The van der Waals surface area contributed by atoms with E-state index in [4.69, 9.17) is 0 Å². The normalized spacial score (nSPS) is 10.5. The van der Waals surface area contributed by atoms with E-state index < -0.39 is 0 Å². The molecule has 1 N–H and O–H groups in total. The Morgan fingerprint density at radius 3 is 2.64 bits per heavy atom. The maximum Gasteiger partial charge on any atom is 0.257 e. The van der Waals surface area contributed by atoms with E-state index in [1.807, 2.05) is 23.6 Å². The smallest absolute Gasteiger partial charge is 0.257 e. The second kappa shape index (κ2) is 6.12. The van der Waals surface area contributed by atoms with E-state index in [-0.39, 0.29) is 5.91 Å². The molecule has 0 atom stereocenters. The van der Waals surface area contributed by atoms with E-state index in [1.165, 1.54) is 22.5 Å². The first-order chi connectivity index (χ1) is 10.6. The van der Waals surface area contributed by atoms with Crippen molar-refractivity contribution in [3.05, 3.63) is 70.6 Å². The van der Waals surface area contributed by atoms with Gasteiger partial charge in [-0.3, -0.25) is 10.1 Å². The van der Waals surface area contributed by atoms with Crippen LogP contribution in [0.15, 0.2) is 53.9 Å². The molecule has 4 heteroatoms. The summed E-state index contributed by atoms with van der Waals surface area (Å²) in [5, 5.41) is 5.44. The molecule has 0 aliphatic carbocycles. The zero-order chi connectivity index (χ0) is 15.5. The van der Waals surface area contributed by atoms with Crippen LogP contribution in [0.2, 0.25) is 0 Å². The molecule has 3 nitrogen and oxygen atoms in total. The summed E-state index contributed by atoms with van der Waals surface area (Å²) in [7, 11) is 0. The molecule has 0 aliphatic heterocycles. The minimum atomic E-state index is -0.137. The number of aryl methyl sites for hydroxylation is 2. The van der Waals surface area contributed by atoms with Crippen molar-refractivity contribution in [2.75, 3.05) is 5.32 Å². The number of nitrogens with zero attached hydrogens (tertiary/aromatic N) is 1. The van der Waals surface area contributed by atoms with Gasteiger partial charge in [0.05, 0.1) is 5.69 Å². The molecular formula is C18H16N2OS. The molecule has 3 rings (SSSR count). The highest BCUT2D eigenvalue weighted by molar-refractivity contribution is 7.14. The van der Waals surface area contributed by atoms with Crippen LogP contribution in [-0.2, 0) is 0 Å². The molecule has 0 spiro atoms. The van der Waals surface area contributed by atoms with Crippen molar-refractivity contribution in [2.45, 2.75) is 13.8 Å². The number of hydrogen-bond acceptors (Lipinski definition) is 3. The van der Waals surface area contributed by atoms with Crippen LogP contribution in [0.5, 0.6) is 0 Å². The van der Waals surface area contributed by atoms with E-state index in [0.717, 1.165) is 11.3 Å². The highest BCUT2D eigenvalue weighted by Gasteiger charge is 2.11. The molecule has 3 aromatic rings. The lowest BCUT2D eigenvalue weighted by Crippen LogP contribution is -2.11. The SMILES string of the molecule is Cc1ccc(C)c(-c2csc(NC(=O)c3ccccc3)n2)c1. The number of anilines is 1. The molecule has 110 valence electrons. The van der Waals surface area contributed by atoms with Crippen LogP contribution in [0.25, 0.3) is 11.3 Å². The molecule has 1 heterocycles. The summed E-state index contributed by atoms with van der Waals surface area (Å²) in [6.45, 7) is 4.13. The number of carbonyl (C=O) groups is 1. The molecule has 22 heavy (non-hydrogen) atoms. The first-order valence-electron chi connectivity index (χ1n) is 7.03. The molecule has 0 bridgehead atoms. The Bertz CT molecular complexity index is 809. The van der Waals surface area contributed by atoms with E-state index in [2.05, 4.69) is 42.3 Å². The Hall–Kier alpha value is -2.46. The Morgan fingerprint density at radius 1 is 1.09 bits per heavy atom. The molecule has 2 aromatic carbocycles. The summed E-state index contributed by atoms with van der Waals surface area (Å²) in [5.41, 5.74) is 5.01. The predicted molar refractivity (Wildman–Crippen MR) is 91.4 cm³/mol. The summed E-state index contributed by atoms with van der Waals surface area (Å²) in [4.78, 5) is 16.7. The summed E-state index contributed by atoms with van der Waals surface area (Å²) in [5.74, 6) is -0.137. The number of aromatic nitrogens is 1. The summed E-state index contributed by atoms with van der Waals surface area (Å²) in [6, 6.07) is 15.4. The molecule has 0 radical (unpaired) electrons. The fourth-order valence-electron chi connectivity index (χ4n) is 2.23. The number of carbonyl (C=O) groups excluding carboxylic acids is 1. The van der Waals surface area contributed by atoms with Gasteiger partial charge in [0.15, 0.2) is 5.13 Å². The van der Waals surface area contributed by atoms with Gasteiger partial charge in [0, 0.05) is 16.5 Å². The maximum atomic E-state index is 12.1. The van der Waals surface area contributed by atoms with Crippen molar-refractivity contribution < 1.29 is 4.79 Å². The van der Waals surface area contributed by atoms with Crippen molar-refractivity contribution in [1.29, 1.82) is 0 Å². The summed E-state index contributed by atoms with van der Waals surface area (Å²) < 4.78 is 0. The number of hydrogen-bond donors (Lipinski definition) is 1. The van der Waals surface area contributed by atoms with Crippen molar-refractivity contribution in [3.63, 3.8) is 0 Å². The third kappa shape index (κ3) is 3.07. The van der Waals surface area contributed by atoms with Gasteiger partial charge in [0.2, 0.25) is 0 Å². The van der Waals surface area contributed by atoms with Gasteiger partial charge in [-0.15, -0.1) is 11.3 Å². The van der Waals surface area contributed by atoms with Crippen LogP contribution in [-0.4, -0.2) is 10.9 Å². The molecule has 0 fully saturated rings. The maximum absolute atomic E-state index is 12.1. The first kappa shape index (κ1) is 14.5. The number of thiazole rings is 1. The Kier molecular flexibility index (Phi) is 4.02. The van der Waals surface area contributed by atoms with Gasteiger partial charge in [-0.2, -0.15) is 0 Å². The van der Waals surface area contributed by atoms with E-state index in [1.54, 1.807) is 12.1 Å². The zero-order valence-corrected chi connectivity index (χ0v) is 13.3. The van der Waals surface area contributed by atoms with Crippen LogP contribution >= 0.6 is 11.3 Å². The highest BCUT2D eigenvalue weighted by Crippen LogP contribution is 2.28. The topological polar surface area (TPSA) is 42.0 Å². The van der Waals surface area contributed by atoms with Crippen molar-refractivity contribution in [2.24, 2.45) is 0 Å². The third-order valence-electron chi connectivity index (χ3n) is 3.43. The monoisotopic (exact) mass is 308 g/mol. The van der Waals surface area contributed by atoms with Gasteiger partial charge in [-0.25, -0.2) is 4.98 Å². The predicted octanol–water partition coefficient (Wildman–Crippen LogP) is 4.68. The molecule has 1 aromatic heterocycles. The van der Waals surface area contributed by atoms with Crippen LogP contribution in [0.4, 0.5) is 5.13 Å². The van der Waals surface area contributed by atoms with E-state index in [9.17, 15) is 4.79 Å². The van der Waals surface area contributed by atoms with Crippen molar-refractivity contribution in [1.82, 2.24) is 4.98 Å². The lowest BCUT2D eigenvalue weighted by Gasteiger charge is -2.04. The van der Waals surface area contributed by atoms with Crippen molar-refractivity contribution in [3.8, 4) is 11.3 Å². The average molecular weight is 308 g/mol.